The number of hydrogen-bond donors (Lipinski definition) is 26. The fourth-order valence-corrected chi connectivity index (χ4v) is 16.2. The highest BCUT2D eigenvalue weighted by molar-refractivity contribution is 7.99. The molecule has 133 heavy (non-hydrogen) atoms. The number of ketones is 3. The Bertz CT molecular complexity index is 4460. The summed E-state index contributed by atoms with van der Waals surface area (Å²) >= 11 is 5.69. The molecular formula is C90H127N7O34S2. The summed E-state index contributed by atoms with van der Waals surface area (Å²) in [6.45, 7) is 2.87. The third kappa shape index (κ3) is 35.6. The van der Waals surface area contributed by atoms with Crippen molar-refractivity contribution in [1.82, 2.24) is 37.2 Å². The molecule has 0 fully saturated rings. The standard InChI is InChI=1S/C68H102N6O30S2.C22H25NO4/c1-68(2,105)63(67(103)104)74-66(102)35(13-18-54(89)71-28-48(83)59(96)62(99)51(86)31-77)25-45(80)43(15-20-56(92)93)73-65(101)34(12-17-53(88)70-27-47(82)58(95)61(98)50(85)30-76)24-44(79)42(14-19-55(90)91)72-64(100)33(11-16-52(87)69-26-46(81)57(94)60(97)49(84)29-75)23-36(78)21-22-106-32-41-39-9-5-3-7-37(39)38-8-4-6-10-40(38)41;1-22(2,3)19(20(24)26-4)23-21(25)27-13-18-16-11-7-5-9-14(16)15-10-6-8-12-17(15)18/h3-10,33-35,41-43,46-51,57-63,75-77,81-86,94-99,105H,11-32H2,1-2H3,(H,69,87)(H,70,88)(H,71,89)(H,72,100)(H,73,101)(H,74,102)(H,90,91)(H,92,93)(H,103,104);5-12,18-19H,13H2,1-4H3,(H,23,25)/t33-,34-,35-,42+,43+,46+,47+,48+,49-,50-,51-,57-,58-,59-,60-,61-,62-,63-;19-/m11/s1. The van der Waals surface area contributed by atoms with Crippen molar-refractivity contribution < 1.29 is 169 Å². The van der Waals surface area contributed by atoms with Gasteiger partial charge in [-0.15, -0.1) is 0 Å². The van der Waals surface area contributed by atoms with Crippen LogP contribution in [0.15, 0.2) is 97.1 Å². The number of carbonyl (C=O) groups is 14. The van der Waals surface area contributed by atoms with E-state index in [0.29, 0.717) is 5.75 Å². The van der Waals surface area contributed by atoms with Gasteiger partial charge in [-0.3, -0.25) is 52.7 Å². The van der Waals surface area contributed by atoms with Crippen LogP contribution in [-0.4, -0.2) is 342 Å². The maximum absolute atomic E-state index is 14.8. The van der Waals surface area contributed by atoms with E-state index >= 15 is 0 Å². The summed E-state index contributed by atoms with van der Waals surface area (Å²) in [5, 5.41) is 195. The number of carboxylic acids is 3. The van der Waals surface area contributed by atoms with Crippen LogP contribution in [0.3, 0.4) is 0 Å². The average molecular weight is 1920 g/mol. The van der Waals surface area contributed by atoms with Crippen molar-refractivity contribution in [3.63, 3.8) is 0 Å². The number of aliphatic hydroxyl groups excluding tert-OH is 15. The zero-order valence-electron chi connectivity index (χ0n) is 74.6. The summed E-state index contributed by atoms with van der Waals surface area (Å²) in [6, 6.07) is 25.5. The number of ether oxygens (including phenoxy) is 2. The van der Waals surface area contributed by atoms with Crippen LogP contribution in [0.5, 0.6) is 0 Å². The van der Waals surface area contributed by atoms with Crippen LogP contribution < -0.4 is 37.2 Å². The van der Waals surface area contributed by atoms with Crippen molar-refractivity contribution in [2.45, 2.75) is 239 Å². The van der Waals surface area contributed by atoms with E-state index < -0.39 is 331 Å². The van der Waals surface area contributed by atoms with Gasteiger partial charge in [0.15, 0.2) is 11.6 Å². The van der Waals surface area contributed by atoms with Crippen molar-refractivity contribution in [1.29, 1.82) is 0 Å². The molecule has 4 aromatic carbocycles. The van der Waals surface area contributed by atoms with Gasteiger partial charge in [0.05, 0.1) is 57.3 Å². The van der Waals surface area contributed by atoms with E-state index in [9.17, 15) is 154 Å². The number of thiol groups is 1. The number of Topliss-reactive ketones (excluding diaryl/α,β-unsaturated/α-hetero) is 3. The van der Waals surface area contributed by atoms with Gasteiger partial charge in [-0.2, -0.15) is 24.4 Å². The van der Waals surface area contributed by atoms with Crippen LogP contribution in [0, 0.1) is 23.2 Å². The Kier molecular flexibility index (Phi) is 47.0. The van der Waals surface area contributed by atoms with E-state index in [4.69, 9.17) is 14.6 Å². The Morgan fingerprint density at radius 1 is 0.406 bits per heavy atom. The summed E-state index contributed by atoms with van der Waals surface area (Å²) in [5.41, 5.74) is 8.42. The van der Waals surface area contributed by atoms with Crippen LogP contribution in [0.2, 0.25) is 0 Å². The smallest absolute Gasteiger partial charge is 0.407 e. The summed E-state index contributed by atoms with van der Waals surface area (Å²) in [6.07, 6.45) is -35.1. The van der Waals surface area contributed by atoms with Gasteiger partial charge in [-0.25, -0.2) is 14.4 Å². The monoisotopic (exact) mass is 1910 g/mol. The molecule has 0 saturated carbocycles. The maximum atomic E-state index is 14.8. The number of nitrogens with one attached hydrogen (secondary N) is 7. The molecule has 43 heteroatoms. The zero-order chi connectivity index (χ0) is 99.5. The molecule has 0 spiro atoms. The van der Waals surface area contributed by atoms with Crippen LogP contribution >= 0.6 is 24.4 Å². The lowest BCUT2D eigenvalue weighted by atomic mass is 9.87. The van der Waals surface area contributed by atoms with Gasteiger partial charge in [0, 0.05) is 123 Å². The molecule has 19 atom stereocenters. The first kappa shape index (κ1) is 113. The van der Waals surface area contributed by atoms with Crippen molar-refractivity contribution in [3.8, 4) is 22.3 Å². The van der Waals surface area contributed by atoms with Crippen LogP contribution in [0.25, 0.3) is 22.3 Å². The second-order valence-corrected chi connectivity index (χ2v) is 36.7. The Labute approximate surface area is 777 Å². The van der Waals surface area contributed by atoms with E-state index in [1.165, 1.54) is 43.8 Å². The van der Waals surface area contributed by atoms with E-state index in [2.05, 4.69) is 74.1 Å². The third-order valence-corrected chi connectivity index (χ3v) is 24.1. The molecule has 0 aliphatic heterocycles. The van der Waals surface area contributed by atoms with Gasteiger partial charge >= 0.3 is 30.0 Å². The number of alkyl carbamates (subject to hydrolysis) is 1. The summed E-state index contributed by atoms with van der Waals surface area (Å²) in [4.78, 5) is 187. The highest BCUT2D eigenvalue weighted by Gasteiger charge is 2.42. The molecule has 7 amide bonds. The predicted molar refractivity (Wildman–Crippen MR) is 479 cm³/mol. The molecule has 25 N–H and O–H groups in total. The van der Waals surface area contributed by atoms with Crippen molar-refractivity contribution in [2.24, 2.45) is 23.2 Å². The Balaban J connectivity index is 0.000000976. The fourth-order valence-electron chi connectivity index (χ4n) is 14.9. The first-order valence-corrected chi connectivity index (χ1v) is 44.8. The molecule has 0 unspecified atom stereocenters. The lowest BCUT2D eigenvalue weighted by Gasteiger charge is -2.29. The molecule has 738 valence electrons. The minimum Gasteiger partial charge on any atom is -0.481 e. The zero-order valence-corrected chi connectivity index (χ0v) is 76.3. The van der Waals surface area contributed by atoms with Gasteiger partial charge in [0.1, 0.15) is 79.4 Å². The number of hydrogen-bond acceptors (Lipinski definition) is 33. The topological polar surface area (TPSA) is 706 Å². The third-order valence-electron chi connectivity index (χ3n) is 22.8. The molecule has 2 aliphatic carbocycles. The molecule has 2 aliphatic rings. The van der Waals surface area contributed by atoms with Gasteiger partial charge in [-0.1, -0.05) is 118 Å². The lowest BCUT2D eigenvalue weighted by Crippen LogP contribution is -2.53. The molecule has 0 heterocycles. The number of carboxylic acid groups (broad SMARTS) is 3. The number of thioether (sulfide) groups is 1. The Morgan fingerprint density at radius 2 is 0.729 bits per heavy atom. The largest absolute Gasteiger partial charge is 0.481 e. The van der Waals surface area contributed by atoms with Crippen LogP contribution in [0.4, 0.5) is 4.79 Å². The Morgan fingerprint density at radius 3 is 1.05 bits per heavy atom. The van der Waals surface area contributed by atoms with Crippen molar-refractivity contribution >= 4 is 107 Å². The molecule has 0 bridgehead atoms. The molecular weight excluding hydrogens is 1790 g/mol. The number of aliphatic carboxylic acids is 3. The number of aliphatic hydroxyl groups is 15. The average Bonchev–Trinajstić information content (AvgIpc) is 1.62. The number of esters is 1. The molecule has 6 rings (SSSR count). The van der Waals surface area contributed by atoms with Crippen molar-refractivity contribution in [3.05, 3.63) is 119 Å². The number of rotatable bonds is 58. The van der Waals surface area contributed by atoms with Gasteiger partial charge < -0.3 is 139 Å². The Hall–Kier alpha value is -10.0. The SMILES string of the molecule is CC(C)(S)[C@H](NC(=O)[C@H](CCC(=O)NC[C@H](O)[C@@H](O)[C@H](O)[C@H](O)CO)CC(=O)[C@H](CCC(=O)O)NC(=O)[C@H](CCC(=O)NC[C@H](O)[C@@H](O)[C@H](O)[C@H](O)CO)CC(=O)[C@H](CCC(=O)O)NC(=O)[C@H](CCC(=O)NC[C@H](O)[C@@H](O)[C@H](O)[C@H](O)CO)CC(=O)CCSCC1c2ccccc2-c2ccccc21)C(=O)O.COC(=O)[C@@H](NC(=O)OCC1c2ccccc2-c2ccccc21)C(C)(C)C. The maximum Gasteiger partial charge on any atom is 0.407 e. The molecule has 41 nitrogen and oxygen atoms in total. The minimum atomic E-state index is -2.17. The van der Waals surface area contributed by atoms with Gasteiger partial charge in [0.2, 0.25) is 35.4 Å². The first-order valence-electron chi connectivity index (χ1n) is 43.2. The summed E-state index contributed by atoms with van der Waals surface area (Å²) in [7, 11) is 1.31. The van der Waals surface area contributed by atoms with Crippen molar-refractivity contribution in [2.75, 3.05) is 64.7 Å². The first-order chi connectivity index (χ1) is 62.6. The van der Waals surface area contributed by atoms with E-state index in [1.807, 2.05) is 93.6 Å². The second kappa shape index (κ2) is 55.1. The highest BCUT2D eigenvalue weighted by Crippen LogP contribution is 2.47. The second-order valence-electron chi connectivity index (χ2n) is 34.4. The van der Waals surface area contributed by atoms with E-state index in [1.54, 1.807) is 0 Å². The summed E-state index contributed by atoms with van der Waals surface area (Å²) < 4.78 is 8.79. The number of benzene rings is 4. The van der Waals surface area contributed by atoms with E-state index in [0.717, 1.165) is 33.4 Å². The molecule has 4 aromatic rings. The normalized spacial score (nSPS) is 16.6. The quantitative estimate of drug-likeness (QED) is 0.0126. The minimum absolute atomic E-state index is 0.0191. The van der Waals surface area contributed by atoms with Gasteiger partial charge in [-0.05, 0) is 95.9 Å². The molecule has 0 aromatic heterocycles. The number of amides is 7. The number of methoxy groups -OCH3 is 1. The van der Waals surface area contributed by atoms with Crippen LogP contribution in [0.1, 0.15) is 159 Å². The lowest BCUT2D eigenvalue weighted by molar-refractivity contribution is -0.146. The fraction of sp³-hybridized carbons (Fsp3) is 0.578. The number of fused-ring (bicyclic) bond motifs is 6. The van der Waals surface area contributed by atoms with E-state index in [-0.39, 0.29) is 30.6 Å². The van der Waals surface area contributed by atoms with Gasteiger partial charge in [0.25, 0.3) is 0 Å². The summed E-state index contributed by atoms with van der Waals surface area (Å²) in [5.74, 6) is -19.0. The predicted octanol–water partition coefficient (Wildman–Crippen LogP) is -2.26. The number of carbonyl (C=O) groups excluding carboxylic acids is 11. The van der Waals surface area contributed by atoms with Crippen LogP contribution in [-0.2, 0) is 71.8 Å². The highest BCUT2D eigenvalue weighted by atomic mass is 32.2. The molecule has 0 saturated heterocycles. The molecule has 0 radical (unpaired) electrons.